The smallest absolute Gasteiger partial charge is 0.191 e. The topological polar surface area (TPSA) is 71.7 Å². The predicted octanol–water partition coefficient (Wildman–Crippen LogP) is 4.39. The minimum Gasteiger partial charge on any atom is -0.489 e. The zero-order valence-corrected chi connectivity index (χ0v) is 18.0. The van der Waals surface area contributed by atoms with Crippen molar-refractivity contribution in [2.24, 2.45) is 4.99 Å². The third-order valence-corrected chi connectivity index (χ3v) is 3.62. The molecule has 10 heteroatoms. The van der Waals surface area contributed by atoms with E-state index in [0.717, 1.165) is 12.2 Å². The number of benzene rings is 1. The Labute approximate surface area is 178 Å². The van der Waals surface area contributed by atoms with Crippen molar-refractivity contribution in [2.75, 3.05) is 19.7 Å². The molecule has 1 aromatic carbocycles. The van der Waals surface area contributed by atoms with Gasteiger partial charge in [-0.15, -0.1) is 24.0 Å². The van der Waals surface area contributed by atoms with Crippen molar-refractivity contribution < 1.29 is 9.26 Å². The molecule has 6 nitrogen and oxygen atoms in total. The first-order chi connectivity index (χ1) is 11.6. The lowest BCUT2D eigenvalue weighted by Gasteiger charge is -2.13. The largest absolute Gasteiger partial charge is 0.489 e. The molecule has 0 amide bonds. The maximum absolute atomic E-state index is 6.07. The average Bonchev–Trinajstić information content (AvgIpc) is 3.04. The molecule has 0 fully saturated rings. The minimum atomic E-state index is 0. The minimum absolute atomic E-state index is 0. The van der Waals surface area contributed by atoms with Crippen molar-refractivity contribution in [3.05, 3.63) is 45.2 Å². The molecule has 2 rings (SSSR count). The van der Waals surface area contributed by atoms with Gasteiger partial charge in [0, 0.05) is 17.6 Å². The first-order valence-electron chi connectivity index (χ1n) is 7.29. The van der Waals surface area contributed by atoms with Crippen LogP contribution in [0.2, 0.25) is 15.1 Å². The Kier molecular flexibility index (Phi) is 10.3. The van der Waals surface area contributed by atoms with Gasteiger partial charge in [0.05, 0.1) is 23.1 Å². The third kappa shape index (κ3) is 7.47. The lowest BCUT2D eigenvalue weighted by molar-refractivity contribution is 0.322. The lowest BCUT2D eigenvalue weighted by Crippen LogP contribution is -2.39. The predicted molar refractivity (Wildman–Crippen MR) is 112 cm³/mol. The summed E-state index contributed by atoms with van der Waals surface area (Å²) in [6.45, 7) is 4.01. The Morgan fingerprint density at radius 1 is 1.24 bits per heavy atom. The Hall–Kier alpha value is -0.900. The maximum Gasteiger partial charge on any atom is 0.191 e. The molecular formula is C15H18Cl3IN4O2. The van der Waals surface area contributed by atoms with E-state index in [1.807, 2.05) is 6.92 Å². The fourth-order valence-corrected chi connectivity index (χ4v) is 2.74. The number of aromatic nitrogens is 1. The average molecular weight is 520 g/mol. The molecule has 138 valence electrons. The van der Waals surface area contributed by atoms with Crippen LogP contribution < -0.4 is 15.4 Å². The standard InChI is InChI=1S/C15H17Cl3N4O2.HI/c1-2-19-15(21-9-11-3-5-24-22-11)20-4-6-23-14-12(17)7-10(16)8-13(14)18;/h3,5,7-8H,2,4,6,9H2,1H3,(H2,19,20,21);1H. The molecule has 0 unspecified atom stereocenters. The van der Waals surface area contributed by atoms with Gasteiger partial charge in [0.1, 0.15) is 18.6 Å². The van der Waals surface area contributed by atoms with Gasteiger partial charge in [-0.2, -0.15) is 0 Å². The molecule has 0 aliphatic rings. The van der Waals surface area contributed by atoms with Crippen molar-refractivity contribution in [3.8, 4) is 5.75 Å². The summed E-state index contributed by atoms with van der Waals surface area (Å²) in [7, 11) is 0. The van der Waals surface area contributed by atoms with Crippen LogP contribution in [0, 0.1) is 0 Å². The van der Waals surface area contributed by atoms with E-state index in [9.17, 15) is 0 Å². The normalized spacial score (nSPS) is 11.0. The van der Waals surface area contributed by atoms with Crippen LogP contribution in [0.4, 0.5) is 0 Å². The Morgan fingerprint density at radius 2 is 1.96 bits per heavy atom. The fraction of sp³-hybridized carbons (Fsp3) is 0.333. The van der Waals surface area contributed by atoms with Crippen molar-refractivity contribution in [3.63, 3.8) is 0 Å². The molecular weight excluding hydrogens is 501 g/mol. The van der Waals surface area contributed by atoms with Gasteiger partial charge in [-0.25, -0.2) is 4.99 Å². The number of ether oxygens (including phenoxy) is 1. The first-order valence-corrected chi connectivity index (χ1v) is 8.42. The van der Waals surface area contributed by atoms with E-state index in [0.29, 0.717) is 46.5 Å². The van der Waals surface area contributed by atoms with Gasteiger partial charge in [0.25, 0.3) is 0 Å². The zero-order chi connectivity index (χ0) is 17.4. The van der Waals surface area contributed by atoms with Crippen molar-refractivity contribution >= 4 is 64.7 Å². The molecule has 1 heterocycles. The summed E-state index contributed by atoms with van der Waals surface area (Å²) in [4.78, 5) is 4.39. The van der Waals surface area contributed by atoms with E-state index in [4.69, 9.17) is 44.1 Å². The molecule has 0 aliphatic carbocycles. The van der Waals surface area contributed by atoms with E-state index >= 15 is 0 Å². The highest BCUT2D eigenvalue weighted by Crippen LogP contribution is 2.35. The molecule has 0 spiro atoms. The number of nitrogens with one attached hydrogen (secondary N) is 2. The van der Waals surface area contributed by atoms with Crippen LogP contribution in [0.25, 0.3) is 0 Å². The summed E-state index contributed by atoms with van der Waals surface area (Å²) >= 11 is 18.0. The Balaban J connectivity index is 0.00000312. The van der Waals surface area contributed by atoms with E-state index in [1.54, 1.807) is 18.2 Å². The van der Waals surface area contributed by atoms with Gasteiger partial charge < -0.3 is 19.9 Å². The van der Waals surface area contributed by atoms with Gasteiger partial charge in [0.15, 0.2) is 11.7 Å². The summed E-state index contributed by atoms with van der Waals surface area (Å²) in [5.41, 5.74) is 0.753. The number of hydrogen-bond acceptors (Lipinski definition) is 4. The Morgan fingerprint density at radius 3 is 2.56 bits per heavy atom. The van der Waals surface area contributed by atoms with Gasteiger partial charge in [-0.3, -0.25) is 0 Å². The highest BCUT2D eigenvalue weighted by Gasteiger charge is 2.09. The summed E-state index contributed by atoms with van der Waals surface area (Å²) in [5.74, 6) is 1.06. The summed E-state index contributed by atoms with van der Waals surface area (Å²) in [6.07, 6.45) is 1.51. The molecule has 2 N–H and O–H groups in total. The second-order valence-corrected chi connectivity index (χ2v) is 5.91. The van der Waals surface area contributed by atoms with Gasteiger partial charge in [-0.05, 0) is 19.1 Å². The quantitative estimate of drug-likeness (QED) is 0.246. The Bertz CT molecular complexity index is 660. The molecule has 2 aromatic rings. The van der Waals surface area contributed by atoms with Crippen LogP contribution in [-0.2, 0) is 6.54 Å². The maximum atomic E-state index is 6.07. The van der Waals surface area contributed by atoms with Crippen LogP contribution in [0.15, 0.2) is 34.0 Å². The van der Waals surface area contributed by atoms with E-state index in [2.05, 4.69) is 20.8 Å². The molecule has 0 bridgehead atoms. The summed E-state index contributed by atoms with van der Waals surface area (Å²) in [5, 5.41) is 11.3. The molecule has 1 aromatic heterocycles. The number of rotatable bonds is 7. The zero-order valence-electron chi connectivity index (χ0n) is 13.4. The van der Waals surface area contributed by atoms with E-state index < -0.39 is 0 Å². The number of hydrogen-bond donors (Lipinski definition) is 2. The molecule has 0 atom stereocenters. The number of guanidine groups is 1. The van der Waals surface area contributed by atoms with Gasteiger partial charge >= 0.3 is 0 Å². The highest BCUT2D eigenvalue weighted by atomic mass is 127. The monoisotopic (exact) mass is 518 g/mol. The summed E-state index contributed by atoms with van der Waals surface area (Å²) in [6, 6.07) is 4.93. The molecule has 25 heavy (non-hydrogen) atoms. The number of halogens is 4. The number of aliphatic imine (C=N–C) groups is 1. The first kappa shape index (κ1) is 22.1. The highest BCUT2D eigenvalue weighted by molar-refractivity contribution is 14.0. The van der Waals surface area contributed by atoms with Crippen molar-refractivity contribution in [1.29, 1.82) is 0 Å². The van der Waals surface area contributed by atoms with Crippen LogP contribution in [-0.4, -0.2) is 30.8 Å². The van der Waals surface area contributed by atoms with Crippen LogP contribution in [0.1, 0.15) is 12.6 Å². The molecule has 0 saturated heterocycles. The number of nitrogens with zero attached hydrogens (tertiary/aromatic N) is 2. The second-order valence-electron chi connectivity index (χ2n) is 4.66. The second kappa shape index (κ2) is 11.7. The SMILES string of the molecule is CCNC(=NCc1ccon1)NCCOc1c(Cl)cc(Cl)cc1Cl.I. The van der Waals surface area contributed by atoms with Crippen LogP contribution >= 0.6 is 58.8 Å². The fourth-order valence-electron chi connectivity index (χ4n) is 1.81. The molecule has 0 radical (unpaired) electrons. The third-order valence-electron chi connectivity index (χ3n) is 2.84. The van der Waals surface area contributed by atoms with Crippen molar-refractivity contribution in [1.82, 2.24) is 15.8 Å². The van der Waals surface area contributed by atoms with E-state index in [-0.39, 0.29) is 24.0 Å². The lowest BCUT2D eigenvalue weighted by atomic mass is 10.3. The van der Waals surface area contributed by atoms with Gasteiger partial charge in [0.2, 0.25) is 0 Å². The van der Waals surface area contributed by atoms with Gasteiger partial charge in [-0.1, -0.05) is 40.0 Å². The van der Waals surface area contributed by atoms with E-state index in [1.165, 1.54) is 6.26 Å². The van der Waals surface area contributed by atoms with Crippen LogP contribution in [0.3, 0.4) is 0 Å². The summed E-state index contributed by atoms with van der Waals surface area (Å²) < 4.78 is 10.4. The molecule has 0 aliphatic heterocycles. The van der Waals surface area contributed by atoms with Crippen molar-refractivity contribution in [2.45, 2.75) is 13.5 Å². The molecule has 0 saturated carbocycles. The van der Waals surface area contributed by atoms with Crippen LogP contribution in [0.5, 0.6) is 5.75 Å².